The molecule has 0 spiro atoms. The Labute approximate surface area is 216 Å². The molecule has 182 valence electrons. The predicted octanol–water partition coefficient (Wildman–Crippen LogP) is 6.56. The van der Waals surface area contributed by atoms with Crippen LogP contribution in [0.25, 0.3) is 6.08 Å². The molecule has 3 aromatic rings. The molecule has 3 aromatic carbocycles. The number of ether oxygens (including phenoxy) is 2. The molecular weight excluding hydrogens is 503 g/mol. The van der Waals surface area contributed by atoms with Gasteiger partial charge in [-0.3, -0.25) is 14.5 Å². The van der Waals surface area contributed by atoms with Crippen LogP contribution in [0.2, 0.25) is 5.02 Å². The zero-order valence-electron chi connectivity index (χ0n) is 19.2. The molecule has 0 radical (unpaired) electrons. The summed E-state index contributed by atoms with van der Waals surface area (Å²) in [4.78, 5) is 26.7. The molecule has 2 amide bonds. The van der Waals surface area contributed by atoms with Crippen molar-refractivity contribution < 1.29 is 23.5 Å². The average Bonchev–Trinajstić information content (AvgIpc) is 3.12. The van der Waals surface area contributed by atoms with Crippen molar-refractivity contribution in [1.82, 2.24) is 4.90 Å². The fourth-order valence-electron chi connectivity index (χ4n) is 3.52. The minimum atomic E-state index is -0.496. The monoisotopic (exact) mass is 522 g/mol. The van der Waals surface area contributed by atoms with Gasteiger partial charge in [0.1, 0.15) is 12.4 Å². The van der Waals surface area contributed by atoms with Crippen LogP contribution in [-0.4, -0.2) is 22.7 Å². The third-order valence-corrected chi connectivity index (χ3v) is 6.56. The van der Waals surface area contributed by atoms with Crippen molar-refractivity contribution in [2.75, 3.05) is 6.61 Å². The number of nitrogens with zero attached hydrogens (tertiary/aromatic N) is 2. The van der Waals surface area contributed by atoms with E-state index in [0.717, 1.165) is 28.3 Å². The van der Waals surface area contributed by atoms with Gasteiger partial charge < -0.3 is 9.47 Å². The van der Waals surface area contributed by atoms with Gasteiger partial charge in [-0.25, -0.2) is 4.39 Å². The van der Waals surface area contributed by atoms with Gasteiger partial charge in [-0.1, -0.05) is 41.9 Å². The number of nitriles is 1. The lowest BCUT2D eigenvalue weighted by Gasteiger charge is -2.14. The van der Waals surface area contributed by atoms with Crippen LogP contribution in [0.4, 0.5) is 9.18 Å². The zero-order chi connectivity index (χ0) is 25.7. The molecule has 0 aromatic heterocycles. The van der Waals surface area contributed by atoms with E-state index in [1.807, 2.05) is 19.1 Å². The number of rotatable bonds is 8. The molecule has 0 bridgehead atoms. The number of carbonyl (C=O) groups is 2. The molecule has 1 aliphatic heterocycles. The van der Waals surface area contributed by atoms with E-state index in [0.29, 0.717) is 34.8 Å². The molecule has 36 heavy (non-hydrogen) atoms. The number of halogens is 2. The molecule has 0 unspecified atom stereocenters. The fraction of sp³-hybridized carbons (Fsp3) is 0.148. The van der Waals surface area contributed by atoms with Gasteiger partial charge >= 0.3 is 0 Å². The van der Waals surface area contributed by atoms with E-state index in [1.54, 1.807) is 36.4 Å². The largest absolute Gasteiger partial charge is 0.490 e. The summed E-state index contributed by atoms with van der Waals surface area (Å²) in [5.41, 5.74) is 2.40. The number of imide groups is 1. The van der Waals surface area contributed by atoms with Gasteiger partial charge in [0, 0.05) is 10.6 Å². The van der Waals surface area contributed by atoms with Crippen molar-refractivity contribution in [3.8, 4) is 17.6 Å². The Morgan fingerprint density at radius 2 is 1.86 bits per heavy atom. The van der Waals surface area contributed by atoms with Crippen molar-refractivity contribution in [1.29, 1.82) is 5.26 Å². The van der Waals surface area contributed by atoms with Crippen molar-refractivity contribution in [2.45, 2.75) is 20.1 Å². The van der Waals surface area contributed by atoms with Crippen LogP contribution in [0.5, 0.6) is 11.5 Å². The summed E-state index contributed by atoms with van der Waals surface area (Å²) in [7, 11) is 0. The highest BCUT2D eigenvalue weighted by molar-refractivity contribution is 8.18. The van der Waals surface area contributed by atoms with Crippen molar-refractivity contribution in [3.63, 3.8) is 0 Å². The van der Waals surface area contributed by atoms with Gasteiger partial charge in [-0.05, 0) is 66.2 Å². The summed E-state index contributed by atoms with van der Waals surface area (Å²) < 4.78 is 25.0. The normalized spacial score (nSPS) is 14.3. The molecule has 9 heteroatoms. The van der Waals surface area contributed by atoms with Gasteiger partial charge in [0.25, 0.3) is 11.1 Å². The Kier molecular flexibility index (Phi) is 7.93. The minimum Gasteiger partial charge on any atom is -0.490 e. The highest BCUT2D eigenvalue weighted by Gasteiger charge is 2.35. The Hall–Kier alpha value is -3.80. The highest BCUT2D eigenvalue weighted by atomic mass is 35.5. The Bertz CT molecular complexity index is 1400. The van der Waals surface area contributed by atoms with E-state index in [-0.39, 0.29) is 23.1 Å². The number of hydrogen-bond acceptors (Lipinski definition) is 6. The summed E-state index contributed by atoms with van der Waals surface area (Å²) in [6.07, 6.45) is 1.61. The van der Waals surface area contributed by atoms with Crippen LogP contribution in [0, 0.1) is 17.1 Å². The second-order valence-corrected chi connectivity index (χ2v) is 9.10. The molecular formula is C27H20ClFN2O4S. The number of carbonyl (C=O) groups excluding carboxylic acids is 2. The van der Waals surface area contributed by atoms with Crippen LogP contribution in [0.1, 0.15) is 29.2 Å². The highest BCUT2D eigenvalue weighted by Crippen LogP contribution is 2.36. The topological polar surface area (TPSA) is 79.6 Å². The van der Waals surface area contributed by atoms with Gasteiger partial charge in [0.15, 0.2) is 11.5 Å². The summed E-state index contributed by atoms with van der Waals surface area (Å²) in [5.74, 6) is 0.000171. The summed E-state index contributed by atoms with van der Waals surface area (Å²) in [6, 6.07) is 18.3. The average molecular weight is 523 g/mol. The standard InChI is InChI=1S/C27H20ClFN2O4S/c1-2-34-24-11-17(7-10-23(24)35-16-20-6-4-3-5-18(20)14-30)12-25-26(32)31(27(33)36-25)15-19-8-9-21(29)13-22(19)28/h3-13H,2,15-16H2,1H3/b25-12+. The summed E-state index contributed by atoms with van der Waals surface area (Å²) in [6.45, 7) is 2.37. The smallest absolute Gasteiger partial charge is 0.293 e. The molecule has 1 fully saturated rings. The predicted molar refractivity (Wildman–Crippen MR) is 136 cm³/mol. The first-order chi connectivity index (χ1) is 17.4. The third-order valence-electron chi connectivity index (χ3n) is 5.30. The molecule has 1 saturated heterocycles. The van der Waals surface area contributed by atoms with E-state index >= 15 is 0 Å². The quantitative estimate of drug-likeness (QED) is 0.311. The lowest BCUT2D eigenvalue weighted by molar-refractivity contribution is -0.123. The minimum absolute atomic E-state index is 0.0533. The zero-order valence-corrected chi connectivity index (χ0v) is 20.7. The number of thioether (sulfide) groups is 1. The number of amides is 2. The lowest BCUT2D eigenvalue weighted by atomic mass is 10.1. The summed E-state index contributed by atoms with van der Waals surface area (Å²) >= 11 is 6.88. The Morgan fingerprint density at radius 3 is 2.61 bits per heavy atom. The Balaban J connectivity index is 1.52. The maximum atomic E-state index is 13.3. The summed E-state index contributed by atoms with van der Waals surface area (Å²) in [5, 5.41) is 8.99. The maximum absolute atomic E-state index is 13.3. The maximum Gasteiger partial charge on any atom is 0.293 e. The molecule has 1 aliphatic rings. The Morgan fingerprint density at radius 1 is 1.06 bits per heavy atom. The van der Waals surface area contributed by atoms with Crippen LogP contribution >= 0.6 is 23.4 Å². The van der Waals surface area contributed by atoms with Crippen molar-refractivity contribution in [2.24, 2.45) is 0 Å². The van der Waals surface area contributed by atoms with E-state index in [1.165, 1.54) is 12.1 Å². The van der Waals surface area contributed by atoms with Crippen LogP contribution in [0.3, 0.4) is 0 Å². The molecule has 4 rings (SSSR count). The SMILES string of the molecule is CCOc1cc(/C=C2/SC(=O)N(Cc3ccc(F)cc3Cl)C2=O)ccc1OCc1ccccc1C#N. The van der Waals surface area contributed by atoms with Crippen molar-refractivity contribution >= 4 is 40.6 Å². The van der Waals surface area contributed by atoms with Crippen LogP contribution in [-0.2, 0) is 17.9 Å². The van der Waals surface area contributed by atoms with Gasteiger partial charge in [0.2, 0.25) is 0 Å². The van der Waals surface area contributed by atoms with Crippen LogP contribution < -0.4 is 9.47 Å². The van der Waals surface area contributed by atoms with Crippen molar-refractivity contribution in [3.05, 3.63) is 98.7 Å². The molecule has 0 atom stereocenters. The van der Waals surface area contributed by atoms with Gasteiger partial charge in [0.05, 0.1) is 29.7 Å². The van der Waals surface area contributed by atoms with Gasteiger partial charge in [-0.2, -0.15) is 5.26 Å². The fourth-order valence-corrected chi connectivity index (χ4v) is 4.59. The second kappa shape index (κ2) is 11.3. The first-order valence-corrected chi connectivity index (χ1v) is 12.2. The molecule has 1 heterocycles. The van der Waals surface area contributed by atoms with E-state index < -0.39 is 17.0 Å². The lowest BCUT2D eigenvalue weighted by Crippen LogP contribution is -2.27. The van der Waals surface area contributed by atoms with E-state index in [9.17, 15) is 19.2 Å². The first kappa shape index (κ1) is 25.3. The number of hydrogen-bond donors (Lipinski definition) is 0. The molecule has 0 N–H and O–H groups in total. The molecule has 0 saturated carbocycles. The first-order valence-electron chi connectivity index (χ1n) is 11.0. The van der Waals surface area contributed by atoms with Gasteiger partial charge in [-0.15, -0.1) is 0 Å². The third kappa shape index (κ3) is 5.70. The van der Waals surface area contributed by atoms with E-state index in [2.05, 4.69) is 6.07 Å². The number of benzene rings is 3. The molecule has 6 nitrogen and oxygen atoms in total. The van der Waals surface area contributed by atoms with Crippen LogP contribution in [0.15, 0.2) is 65.6 Å². The van der Waals surface area contributed by atoms with E-state index in [4.69, 9.17) is 21.1 Å². The second-order valence-electron chi connectivity index (χ2n) is 7.70. The molecule has 0 aliphatic carbocycles.